The van der Waals surface area contributed by atoms with Gasteiger partial charge in [0.05, 0.1) is 0 Å². The van der Waals surface area contributed by atoms with Gasteiger partial charge in [-0.1, -0.05) is 80.1 Å². The van der Waals surface area contributed by atoms with E-state index in [2.05, 4.69) is 27.7 Å². The maximum absolute atomic E-state index is 10.4. The van der Waals surface area contributed by atoms with E-state index in [4.69, 9.17) is 10.2 Å². The summed E-state index contributed by atoms with van der Waals surface area (Å²) in [6.45, 7) is 13.0. The van der Waals surface area contributed by atoms with Gasteiger partial charge in [-0.05, 0) is 37.5 Å². The number of carboxylic acids is 2. The standard InChI is InChI=1S/2C8H18O.2C6H10O3.Zr/c2*1-3-5-6-8(4-2)7-9;2*1-2-3-5(7)4-6(8)9;/h2*8-9H,3-7H2,1-2H3;2*2-4H2,1H3,(H,8,9);/q;;;;+2/p-2. The van der Waals surface area contributed by atoms with Crippen LogP contribution in [0.4, 0.5) is 0 Å². The molecule has 0 bridgehead atoms. The molecule has 0 aromatic carbocycles. The van der Waals surface area contributed by atoms with E-state index in [0.717, 1.165) is 12.8 Å². The summed E-state index contributed by atoms with van der Waals surface area (Å²) in [4.78, 5) is 40.4. The molecule has 9 heteroatoms. The zero-order valence-electron chi connectivity index (χ0n) is 24.3. The third kappa shape index (κ3) is 45.4. The van der Waals surface area contributed by atoms with Gasteiger partial charge in [-0.25, -0.2) is 0 Å². The fourth-order valence-electron chi connectivity index (χ4n) is 2.89. The molecule has 0 heterocycles. The molecule has 0 saturated heterocycles. The normalized spacial score (nSPS) is 11.0. The molecule has 0 amide bonds. The molecule has 0 saturated carbocycles. The Kier molecular flexibility index (Phi) is 46.3. The Bertz CT molecular complexity index is 472. The first-order valence-electron chi connectivity index (χ1n) is 13.7. The van der Waals surface area contributed by atoms with Gasteiger partial charge < -0.3 is 30.0 Å². The summed E-state index contributed by atoms with van der Waals surface area (Å²) in [5, 5.41) is 37.0. The van der Waals surface area contributed by atoms with E-state index in [1.165, 1.54) is 38.5 Å². The van der Waals surface area contributed by atoms with Crippen LogP contribution in [-0.4, -0.2) is 46.9 Å². The number of carboxylic acid groups (broad SMARTS) is 2. The van der Waals surface area contributed by atoms with Crippen molar-refractivity contribution in [1.29, 1.82) is 0 Å². The SMILES string of the molecule is CCCC(=O)CC(=O)[O-].CCCC(=O)CC(=O)[O-].CCCCC(CC)CO.CCCCC(CC)CO.[Zr+2]. The second-order valence-corrected chi connectivity index (χ2v) is 8.87. The molecule has 0 fully saturated rings. The summed E-state index contributed by atoms with van der Waals surface area (Å²) in [7, 11) is 0. The average Bonchev–Trinajstić information content (AvgIpc) is 2.81. The molecule has 2 atom stereocenters. The fraction of sp³-hybridized carbons (Fsp3) is 0.857. The number of aliphatic carboxylic acids is 2. The predicted octanol–water partition coefficient (Wildman–Crippen LogP) is 3.38. The second kappa shape index (κ2) is 37.2. The summed E-state index contributed by atoms with van der Waals surface area (Å²) in [5.41, 5.74) is 0. The number of carbonyl (C=O) groups excluding carboxylic acids is 4. The summed E-state index contributed by atoms with van der Waals surface area (Å²) >= 11 is 0. The summed E-state index contributed by atoms with van der Waals surface area (Å²) in [6.07, 6.45) is 10.9. The molecule has 218 valence electrons. The van der Waals surface area contributed by atoms with E-state index in [-0.39, 0.29) is 37.8 Å². The van der Waals surface area contributed by atoms with E-state index >= 15 is 0 Å². The van der Waals surface area contributed by atoms with Crippen molar-refractivity contribution in [2.75, 3.05) is 13.2 Å². The number of ketones is 2. The minimum absolute atomic E-state index is 0. The Morgan fingerprint density at radius 2 is 0.892 bits per heavy atom. The van der Waals surface area contributed by atoms with Crippen LogP contribution in [0.25, 0.3) is 0 Å². The molecule has 0 aliphatic heterocycles. The molecular weight excluding hydrogens is 556 g/mol. The topological polar surface area (TPSA) is 155 Å². The van der Waals surface area contributed by atoms with Gasteiger partial charge in [0.15, 0.2) is 0 Å². The zero-order chi connectivity index (χ0) is 28.8. The summed E-state index contributed by atoms with van der Waals surface area (Å²) < 4.78 is 0. The van der Waals surface area contributed by atoms with Gasteiger partial charge in [-0.3, -0.25) is 9.59 Å². The van der Waals surface area contributed by atoms with Gasteiger partial charge in [0, 0.05) is 50.8 Å². The summed E-state index contributed by atoms with van der Waals surface area (Å²) in [5.74, 6) is -1.95. The van der Waals surface area contributed by atoms with E-state index in [0.29, 0.717) is 50.7 Å². The van der Waals surface area contributed by atoms with Crippen LogP contribution in [0.15, 0.2) is 0 Å². The number of rotatable bonds is 18. The summed E-state index contributed by atoms with van der Waals surface area (Å²) in [6, 6.07) is 0. The minimum Gasteiger partial charge on any atom is -0.550 e. The molecule has 0 aromatic rings. The molecule has 2 N–H and O–H groups in total. The third-order valence-electron chi connectivity index (χ3n) is 5.34. The maximum Gasteiger partial charge on any atom is 2.00 e. The van der Waals surface area contributed by atoms with Crippen molar-refractivity contribution in [3.63, 3.8) is 0 Å². The number of Topliss-reactive ketones (excluding diaryl/α,β-unsaturated/α-hetero) is 2. The first-order chi connectivity index (χ1) is 17.0. The molecule has 0 aliphatic rings. The first-order valence-corrected chi connectivity index (χ1v) is 13.7. The first kappa shape index (κ1) is 46.0. The van der Waals surface area contributed by atoms with Crippen LogP contribution in [0.3, 0.4) is 0 Å². The van der Waals surface area contributed by atoms with E-state index in [9.17, 15) is 29.4 Å². The van der Waals surface area contributed by atoms with E-state index in [1.807, 2.05) is 13.8 Å². The Balaban J connectivity index is -0.000000122. The Morgan fingerprint density at radius 1 is 0.595 bits per heavy atom. The van der Waals surface area contributed by atoms with Crippen LogP contribution in [-0.2, 0) is 45.4 Å². The predicted molar refractivity (Wildman–Crippen MR) is 140 cm³/mol. The Labute approximate surface area is 245 Å². The number of aliphatic hydroxyl groups excluding tert-OH is 2. The molecule has 0 spiro atoms. The van der Waals surface area contributed by atoms with Crippen molar-refractivity contribution in [1.82, 2.24) is 0 Å². The van der Waals surface area contributed by atoms with Gasteiger partial charge in [-0.15, -0.1) is 0 Å². The average molecular weight is 610 g/mol. The number of hydrogen-bond donors (Lipinski definition) is 2. The third-order valence-corrected chi connectivity index (χ3v) is 5.34. The van der Waals surface area contributed by atoms with E-state index < -0.39 is 24.8 Å². The van der Waals surface area contributed by atoms with E-state index in [1.54, 1.807) is 0 Å². The van der Waals surface area contributed by atoms with Crippen molar-refractivity contribution in [2.45, 2.75) is 131 Å². The van der Waals surface area contributed by atoms with Crippen molar-refractivity contribution < 1.29 is 65.8 Å². The fourth-order valence-corrected chi connectivity index (χ4v) is 2.89. The van der Waals surface area contributed by atoms with Gasteiger partial charge in [0.2, 0.25) is 0 Å². The maximum atomic E-state index is 10.4. The van der Waals surface area contributed by atoms with Crippen molar-refractivity contribution in [3.8, 4) is 0 Å². The zero-order valence-corrected chi connectivity index (χ0v) is 26.8. The number of unbranched alkanes of at least 4 members (excludes halogenated alkanes) is 2. The second-order valence-electron chi connectivity index (χ2n) is 8.87. The van der Waals surface area contributed by atoms with Gasteiger partial charge >= 0.3 is 26.2 Å². The van der Waals surface area contributed by atoms with Crippen LogP contribution in [0, 0.1) is 11.8 Å². The number of hydrogen-bond acceptors (Lipinski definition) is 8. The largest absolute Gasteiger partial charge is 2.00 e. The molecule has 2 unspecified atom stereocenters. The van der Waals surface area contributed by atoms with Crippen molar-refractivity contribution >= 4 is 23.5 Å². The molecule has 0 radical (unpaired) electrons. The van der Waals surface area contributed by atoms with Crippen LogP contribution in [0.1, 0.15) is 131 Å². The van der Waals surface area contributed by atoms with Crippen LogP contribution in [0.5, 0.6) is 0 Å². The Morgan fingerprint density at radius 3 is 1.05 bits per heavy atom. The van der Waals surface area contributed by atoms with Crippen LogP contribution in [0.2, 0.25) is 0 Å². The molecule has 0 rings (SSSR count). The van der Waals surface area contributed by atoms with Crippen molar-refractivity contribution in [3.05, 3.63) is 0 Å². The molecular formula is C28H54O8Zr. The smallest absolute Gasteiger partial charge is 0.550 e. The number of aliphatic hydroxyl groups is 2. The quantitative estimate of drug-likeness (QED) is 0.224. The number of carbonyl (C=O) groups is 4. The van der Waals surface area contributed by atoms with Crippen LogP contribution < -0.4 is 10.2 Å². The molecule has 8 nitrogen and oxygen atoms in total. The van der Waals surface area contributed by atoms with Gasteiger partial charge in [-0.2, -0.15) is 0 Å². The monoisotopic (exact) mass is 608 g/mol. The molecule has 0 aromatic heterocycles. The molecule has 0 aliphatic carbocycles. The van der Waals surface area contributed by atoms with Gasteiger partial charge in [0.25, 0.3) is 0 Å². The van der Waals surface area contributed by atoms with Crippen molar-refractivity contribution in [2.24, 2.45) is 11.8 Å². The molecule has 37 heavy (non-hydrogen) atoms. The van der Waals surface area contributed by atoms with Crippen LogP contribution >= 0.6 is 0 Å². The minimum atomic E-state index is -1.28. The Hall–Kier alpha value is -0.917. The van der Waals surface area contributed by atoms with Gasteiger partial charge in [0.1, 0.15) is 11.6 Å².